The molecule has 0 spiro atoms. The van der Waals surface area contributed by atoms with Gasteiger partial charge in [0.05, 0.1) is 12.4 Å². The number of rotatable bonds is 4. The number of phenols is 1. The Balaban J connectivity index is 1.38. The number of piperidine rings is 1. The Morgan fingerprint density at radius 2 is 1.74 bits per heavy atom. The van der Waals surface area contributed by atoms with Crippen LogP contribution in [0.4, 0.5) is 10.3 Å². The molecule has 0 bridgehead atoms. The first kappa shape index (κ1) is 23.2. The predicted molar refractivity (Wildman–Crippen MR) is 135 cm³/mol. The minimum atomic E-state index is -0.395. The number of aromatic nitrogens is 5. The zero-order valence-electron chi connectivity index (χ0n) is 20.6. The molecule has 35 heavy (non-hydrogen) atoms. The van der Waals surface area contributed by atoms with Gasteiger partial charge in [0.15, 0.2) is 0 Å². The highest BCUT2D eigenvalue weighted by Gasteiger charge is 2.39. The normalized spacial score (nSPS) is 17.5. The van der Waals surface area contributed by atoms with Gasteiger partial charge in [-0.15, -0.1) is 10.2 Å². The number of halogens is 1. The van der Waals surface area contributed by atoms with Gasteiger partial charge in [-0.3, -0.25) is 5.10 Å². The van der Waals surface area contributed by atoms with Gasteiger partial charge in [0.1, 0.15) is 22.8 Å². The first-order valence-corrected chi connectivity index (χ1v) is 11.7. The van der Waals surface area contributed by atoms with Gasteiger partial charge >= 0.3 is 0 Å². The van der Waals surface area contributed by atoms with Crippen molar-refractivity contribution in [3.63, 3.8) is 0 Å². The molecule has 2 aromatic carbocycles. The SMILES string of the molecule is CN(c1ncc(-c2ccc(-c3cc(F)c4[nH]ncc4c3)cc2O)nn1)C1CC(C)(C)NC(C)(C)C1. The monoisotopic (exact) mass is 475 g/mol. The lowest BCUT2D eigenvalue weighted by Gasteiger charge is -2.48. The van der Waals surface area contributed by atoms with E-state index in [0.717, 1.165) is 12.8 Å². The van der Waals surface area contributed by atoms with E-state index in [2.05, 4.69) is 63.3 Å². The molecule has 0 radical (unpaired) electrons. The largest absolute Gasteiger partial charge is 0.507 e. The molecule has 0 unspecified atom stereocenters. The molecule has 0 saturated carbocycles. The summed E-state index contributed by atoms with van der Waals surface area (Å²) in [5.41, 5.74) is 2.68. The highest BCUT2D eigenvalue weighted by atomic mass is 19.1. The fourth-order valence-corrected chi connectivity index (χ4v) is 5.37. The third-order valence-electron chi connectivity index (χ3n) is 6.69. The van der Waals surface area contributed by atoms with Crippen LogP contribution in [0.5, 0.6) is 5.75 Å². The van der Waals surface area contributed by atoms with E-state index in [0.29, 0.717) is 39.2 Å². The molecule has 4 aromatic rings. The number of phenolic OH excluding ortho intramolecular Hbond substituents is 1. The second-order valence-electron chi connectivity index (χ2n) is 10.7. The molecular weight excluding hydrogens is 445 g/mol. The van der Waals surface area contributed by atoms with E-state index in [-0.39, 0.29) is 22.9 Å². The van der Waals surface area contributed by atoms with Crippen LogP contribution in [0.25, 0.3) is 33.3 Å². The summed E-state index contributed by atoms with van der Waals surface area (Å²) in [6, 6.07) is 8.67. The number of hydrogen-bond acceptors (Lipinski definition) is 7. The van der Waals surface area contributed by atoms with Gasteiger partial charge in [-0.1, -0.05) is 6.07 Å². The Labute approximate surface area is 203 Å². The third-order valence-corrected chi connectivity index (χ3v) is 6.69. The van der Waals surface area contributed by atoms with Crippen LogP contribution in [0, 0.1) is 5.82 Å². The zero-order chi connectivity index (χ0) is 25.0. The van der Waals surface area contributed by atoms with Gasteiger partial charge < -0.3 is 15.3 Å². The van der Waals surface area contributed by atoms with Gasteiger partial charge in [-0.2, -0.15) is 5.10 Å². The minimum absolute atomic E-state index is 0.00659. The Kier molecular flexibility index (Phi) is 5.47. The van der Waals surface area contributed by atoms with Crippen molar-refractivity contribution in [2.45, 2.75) is 57.7 Å². The van der Waals surface area contributed by atoms with Crippen LogP contribution < -0.4 is 10.2 Å². The number of benzene rings is 2. The molecule has 182 valence electrons. The number of anilines is 1. The summed E-state index contributed by atoms with van der Waals surface area (Å²) in [6.07, 6.45) is 5.13. The molecule has 1 saturated heterocycles. The van der Waals surface area contributed by atoms with E-state index < -0.39 is 5.82 Å². The van der Waals surface area contributed by atoms with Crippen molar-refractivity contribution in [3.05, 3.63) is 48.5 Å². The van der Waals surface area contributed by atoms with E-state index in [1.54, 1.807) is 24.5 Å². The molecule has 3 N–H and O–H groups in total. The lowest BCUT2D eigenvalue weighted by molar-refractivity contribution is 0.160. The number of H-pyrrole nitrogens is 1. The summed E-state index contributed by atoms with van der Waals surface area (Å²) >= 11 is 0. The standard InChI is InChI=1S/C26H30FN7O/c1-25(2)11-18(12-26(3,4)33-25)34(5)24-28-14-21(30-32-24)19-7-6-15(10-22(19)35)16-8-17-13-29-31-23(17)20(27)9-16/h6-10,13-14,18,33,35H,11-12H2,1-5H3,(H,29,31). The molecule has 0 aliphatic carbocycles. The highest BCUT2D eigenvalue weighted by molar-refractivity contribution is 5.85. The third kappa shape index (κ3) is 4.55. The minimum Gasteiger partial charge on any atom is -0.507 e. The molecule has 3 heterocycles. The molecule has 8 nitrogen and oxygen atoms in total. The van der Waals surface area contributed by atoms with Crippen molar-refractivity contribution in [3.8, 4) is 28.1 Å². The van der Waals surface area contributed by atoms with Gasteiger partial charge in [-0.25, -0.2) is 9.37 Å². The van der Waals surface area contributed by atoms with E-state index in [4.69, 9.17) is 0 Å². The molecule has 0 amide bonds. The zero-order valence-corrected chi connectivity index (χ0v) is 20.6. The molecule has 1 aliphatic rings. The lowest BCUT2D eigenvalue weighted by atomic mass is 9.79. The average molecular weight is 476 g/mol. The summed E-state index contributed by atoms with van der Waals surface area (Å²) in [5.74, 6) is 0.176. The van der Waals surface area contributed by atoms with Gasteiger partial charge in [0.25, 0.3) is 0 Å². The fourth-order valence-electron chi connectivity index (χ4n) is 5.37. The second-order valence-corrected chi connectivity index (χ2v) is 10.7. The van der Waals surface area contributed by atoms with Crippen LogP contribution in [-0.4, -0.2) is 54.7 Å². The molecule has 1 fully saturated rings. The maximum Gasteiger partial charge on any atom is 0.245 e. The van der Waals surface area contributed by atoms with Crippen molar-refractivity contribution in [2.75, 3.05) is 11.9 Å². The number of fused-ring (bicyclic) bond motifs is 1. The molecular formula is C26H30FN7O. The Morgan fingerprint density at radius 3 is 2.40 bits per heavy atom. The number of hydrogen-bond donors (Lipinski definition) is 3. The smallest absolute Gasteiger partial charge is 0.245 e. The van der Waals surface area contributed by atoms with Crippen molar-refractivity contribution in [1.29, 1.82) is 0 Å². The summed E-state index contributed by atoms with van der Waals surface area (Å²) in [6.45, 7) is 8.85. The first-order valence-electron chi connectivity index (χ1n) is 11.7. The summed E-state index contributed by atoms with van der Waals surface area (Å²) in [5, 5.41) is 30.3. The highest BCUT2D eigenvalue weighted by Crippen LogP contribution is 2.35. The topological polar surface area (TPSA) is 103 Å². The maximum atomic E-state index is 14.4. The number of aromatic amines is 1. The second kappa shape index (κ2) is 8.27. The molecule has 1 aliphatic heterocycles. The van der Waals surface area contributed by atoms with Crippen molar-refractivity contribution >= 4 is 16.9 Å². The quantitative estimate of drug-likeness (QED) is 0.394. The van der Waals surface area contributed by atoms with Crippen LogP contribution >= 0.6 is 0 Å². The van der Waals surface area contributed by atoms with Gasteiger partial charge in [-0.05, 0) is 75.9 Å². The van der Waals surface area contributed by atoms with E-state index in [1.165, 1.54) is 6.07 Å². The van der Waals surface area contributed by atoms with Gasteiger partial charge in [0.2, 0.25) is 5.95 Å². The summed E-state index contributed by atoms with van der Waals surface area (Å²) in [7, 11) is 2.00. The van der Waals surface area contributed by atoms with E-state index in [9.17, 15) is 9.50 Å². The van der Waals surface area contributed by atoms with Crippen LogP contribution in [0.1, 0.15) is 40.5 Å². The molecule has 2 aromatic heterocycles. The molecule has 5 rings (SSSR count). The molecule has 0 atom stereocenters. The van der Waals surface area contributed by atoms with Crippen LogP contribution in [-0.2, 0) is 0 Å². The Morgan fingerprint density at radius 1 is 1.00 bits per heavy atom. The maximum absolute atomic E-state index is 14.4. The van der Waals surface area contributed by atoms with E-state index >= 15 is 0 Å². The van der Waals surface area contributed by atoms with Crippen LogP contribution in [0.2, 0.25) is 0 Å². The summed E-state index contributed by atoms with van der Waals surface area (Å²) < 4.78 is 14.4. The van der Waals surface area contributed by atoms with Crippen LogP contribution in [0.3, 0.4) is 0 Å². The van der Waals surface area contributed by atoms with Gasteiger partial charge in [0, 0.05) is 35.1 Å². The van der Waals surface area contributed by atoms with Crippen molar-refractivity contribution in [2.24, 2.45) is 0 Å². The number of aromatic hydroxyl groups is 1. The fraction of sp³-hybridized carbons (Fsp3) is 0.385. The Hall–Kier alpha value is -3.59. The van der Waals surface area contributed by atoms with Crippen molar-refractivity contribution < 1.29 is 9.50 Å². The lowest BCUT2D eigenvalue weighted by Crippen LogP contribution is -2.62. The van der Waals surface area contributed by atoms with E-state index in [1.807, 2.05) is 19.2 Å². The predicted octanol–water partition coefficient (Wildman–Crippen LogP) is 4.67. The average Bonchev–Trinajstić information content (AvgIpc) is 3.26. The summed E-state index contributed by atoms with van der Waals surface area (Å²) in [4.78, 5) is 6.64. The molecule has 9 heteroatoms. The van der Waals surface area contributed by atoms with Crippen molar-refractivity contribution in [1.82, 2.24) is 30.7 Å². The first-order chi connectivity index (χ1) is 16.5. The van der Waals surface area contributed by atoms with Crippen LogP contribution in [0.15, 0.2) is 42.7 Å². The Bertz CT molecular complexity index is 1360. The number of nitrogens with one attached hydrogen (secondary N) is 2. The number of nitrogens with zero attached hydrogens (tertiary/aromatic N) is 5.